The molecule has 0 aliphatic carbocycles. The van der Waals surface area contributed by atoms with E-state index in [1.807, 2.05) is 28.1 Å². The first kappa shape index (κ1) is 19.2. The average molecular weight is 420 g/mol. The van der Waals surface area contributed by atoms with Gasteiger partial charge in [-0.3, -0.25) is 4.79 Å². The predicted octanol–water partition coefficient (Wildman–Crippen LogP) is 2.88. The second kappa shape index (κ2) is 8.89. The van der Waals surface area contributed by atoms with Crippen LogP contribution in [-0.2, 0) is 28.2 Å². The van der Waals surface area contributed by atoms with Crippen LogP contribution in [0.5, 0.6) is 0 Å². The van der Waals surface area contributed by atoms with Gasteiger partial charge in [0.2, 0.25) is 5.91 Å². The van der Waals surface area contributed by atoms with Crippen molar-refractivity contribution in [1.29, 1.82) is 0 Å². The highest BCUT2D eigenvalue weighted by Crippen LogP contribution is 2.28. The molecule has 1 aliphatic rings. The zero-order valence-electron chi connectivity index (χ0n) is 15.2. The molecule has 1 unspecified atom stereocenters. The van der Waals surface area contributed by atoms with Crippen molar-refractivity contribution in [3.8, 4) is 10.6 Å². The summed E-state index contributed by atoms with van der Waals surface area (Å²) in [5.41, 5.74) is 6.14. The van der Waals surface area contributed by atoms with Crippen molar-refractivity contribution >= 4 is 29.0 Å². The number of nitrogens with two attached hydrogens (primary N) is 1. The predicted molar refractivity (Wildman–Crippen MR) is 106 cm³/mol. The van der Waals surface area contributed by atoms with Crippen LogP contribution in [0.2, 0.25) is 0 Å². The number of carbonyl (C=O) groups excluding carboxylic acids is 1. The lowest BCUT2D eigenvalue weighted by Crippen LogP contribution is -2.19. The minimum absolute atomic E-state index is 0.153. The number of aromatic nitrogens is 4. The average Bonchev–Trinajstić information content (AvgIpc) is 3.45. The van der Waals surface area contributed by atoms with Crippen LogP contribution in [0.25, 0.3) is 10.6 Å². The summed E-state index contributed by atoms with van der Waals surface area (Å²) >= 11 is 3.16. The number of hydrogen-bond donors (Lipinski definition) is 1. The SMILES string of the molecule is NC(=O)CCc1nnc(SCc2cc(-c3cccs3)on2)n1CC1CCCO1. The molecule has 1 amide bonds. The van der Waals surface area contributed by atoms with Gasteiger partial charge in [-0.25, -0.2) is 0 Å². The standard InChI is InChI=1S/C18H21N5O3S2/c19-16(24)5-6-17-20-21-18(23(17)10-13-3-1-7-25-13)28-11-12-9-14(26-22-12)15-4-2-8-27-15/h2,4,8-9,13H,1,3,5-7,10-11H2,(H2,19,24). The number of amides is 1. The van der Waals surface area contributed by atoms with Crippen LogP contribution in [0.3, 0.4) is 0 Å². The molecule has 3 aromatic rings. The van der Waals surface area contributed by atoms with Gasteiger partial charge in [-0.05, 0) is 24.3 Å². The molecule has 10 heteroatoms. The van der Waals surface area contributed by atoms with Crippen LogP contribution in [0.15, 0.2) is 33.3 Å². The number of ether oxygens (including phenoxy) is 1. The molecule has 8 nitrogen and oxygen atoms in total. The molecule has 1 saturated heterocycles. The molecular formula is C18H21N5O3S2. The van der Waals surface area contributed by atoms with Gasteiger partial charge in [0.15, 0.2) is 10.9 Å². The van der Waals surface area contributed by atoms with Crippen LogP contribution < -0.4 is 5.73 Å². The highest BCUT2D eigenvalue weighted by Gasteiger charge is 2.21. The van der Waals surface area contributed by atoms with E-state index in [-0.39, 0.29) is 18.4 Å². The van der Waals surface area contributed by atoms with Crippen LogP contribution in [0.1, 0.15) is 30.8 Å². The number of primary amides is 1. The van der Waals surface area contributed by atoms with Gasteiger partial charge in [0.25, 0.3) is 0 Å². The molecule has 148 valence electrons. The van der Waals surface area contributed by atoms with Crippen molar-refractivity contribution in [1.82, 2.24) is 19.9 Å². The molecular weight excluding hydrogens is 398 g/mol. The van der Waals surface area contributed by atoms with Gasteiger partial charge in [0.05, 0.1) is 23.2 Å². The Kier molecular flexibility index (Phi) is 6.08. The van der Waals surface area contributed by atoms with E-state index in [2.05, 4.69) is 15.4 Å². The molecule has 0 bridgehead atoms. The summed E-state index contributed by atoms with van der Waals surface area (Å²) in [5.74, 6) is 1.81. The number of hydrogen-bond acceptors (Lipinski definition) is 8. The highest BCUT2D eigenvalue weighted by atomic mass is 32.2. The topological polar surface area (TPSA) is 109 Å². The zero-order chi connectivity index (χ0) is 19.3. The van der Waals surface area contributed by atoms with E-state index in [9.17, 15) is 4.79 Å². The van der Waals surface area contributed by atoms with Crippen molar-refractivity contribution in [2.24, 2.45) is 5.73 Å². The van der Waals surface area contributed by atoms with Gasteiger partial charge in [-0.2, -0.15) is 0 Å². The van der Waals surface area contributed by atoms with Crippen LogP contribution in [-0.4, -0.2) is 38.5 Å². The summed E-state index contributed by atoms with van der Waals surface area (Å²) in [6, 6.07) is 5.94. The summed E-state index contributed by atoms with van der Waals surface area (Å²) < 4.78 is 13.2. The maximum atomic E-state index is 11.2. The first-order chi connectivity index (χ1) is 13.7. The van der Waals surface area contributed by atoms with E-state index in [1.165, 1.54) is 0 Å². The number of thioether (sulfide) groups is 1. The molecule has 0 saturated carbocycles. The van der Waals surface area contributed by atoms with E-state index in [1.54, 1.807) is 23.1 Å². The van der Waals surface area contributed by atoms with E-state index < -0.39 is 0 Å². The summed E-state index contributed by atoms with van der Waals surface area (Å²) in [4.78, 5) is 12.2. The summed E-state index contributed by atoms with van der Waals surface area (Å²) in [6.07, 6.45) is 2.96. The lowest BCUT2D eigenvalue weighted by atomic mass is 10.2. The van der Waals surface area contributed by atoms with Gasteiger partial charge in [0, 0.05) is 31.3 Å². The normalized spacial score (nSPS) is 16.6. The van der Waals surface area contributed by atoms with E-state index >= 15 is 0 Å². The van der Waals surface area contributed by atoms with Gasteiger partial charge in [0.1, 0.15) is 5.82 Å². The molecule has 0 radical (unpaired) electrons. The van der Waals surface area contributed by atoms with Gasteiger partial charge < -0.3 is 19.6 Å². The van der Waals surface area contributed by atoms with Crippen LogP contribution in [0.4, 0.5) is 0 Å². The first-order valence-corrected chi connectivity index (χ1v) is 11.0. The van der Waals surface area contributed by atoms with Crippen molar-refractivity contribution < 1.29 is 14.1 Å². The second-order valence-corrected chi connectivity index (χ2v) is 8.45. The fraction of sp³-hybridized carbons (Fsp3) is 0.444. The molecule has 4 rings (SSSR count). The maximum absolute atomic E-state index is 11.2. The van der Waals surface area contributed by atoms with E-state index in [4.69, 9.17) is 15.0 Å². The minimum atomic E-state index is -0.343. The molecule has 3 aromatic heterocycles. The Morgan fingerprint density at radius 2 is 2.36 bits per heavy atom. The monoisotopic (exact) mass is 419 g/mol. The number of nitrogens with zero attached hydrogens (tertiary/aromatic N) is 4. The van der Waals surface area contributed by atoms with E-state index in [0.717, 1.165) is 46.8 Å². The smallest absolute Gasteiger partial charge is 0.217 e. The Morgan fingerprint density at radius 1 is 1.43 bits per heavy atom. The lowest BCUT2D eigenvalue weighted by molar-refractivity contribution is -0.118. The summed E-state index contributed by atoms with van der Waals surface area (Å²) in [5, 5.41) is 15.5. The number of carbonyl (C=O) groups is 1. The zero-order valence-corrected chi connectivity index (χ0v) is 16.9. The molecule has 0 aromatic carbocycles. The molecule has 1 aliphatic heterocycles. The highest BCUT2D eigenvalue weighted by molar-refractivity contribution is 7.98. The van der Waals surface area contributed by atoms with Crippen molar-refractivity contribution in [3.05, 3.63) is 35.1 Å². The second-order valence-electron chi connectivity index (χ2n) is 6.56. The van der Waals surface area contributed by atoms with Crippen LogP contribution >= 0.6 is 23.1 Å². The van der Waals surface area contributed by atoms with E-state index in [0.29, 0.717) is 18.7 Å². The molecule has 1 atom stereocenters. The van der Waals surface area contributed by atoms with Crippen molar-refractivity contribution in [2.45, 2.75) is 49.2 Å². The fourth-order valence-corrected chi connectivity index (χ4v) is 4.59. The molecule has 0 spiro atoms. The van der Waals surface area contributed by atoms with Gasteiger partial charge >= 0.3 is 0 Å². The van der Waals surface area contributed by atoms with Crippen molar-refractivity contribution in [3.63, 3.8) is 0 Å². The maximum Gasteiger partial charge on any atom is 0.217 e. The number of aryl methyl sites for hydroxylation is 1. The molecule has 4 heterocycles. The largest absolute Gasteiger partial charge is 0.376 e. The quantitative estimate of drug-likeness (QED) is 0.531. The third-order valence-electron chi connectivity index (χ3n) is 4.47. The molecule has 2 N–H and O–H groups in total. The Bertz CT molecular complexity index is 916. The Labute approximate surface area is 170 Å². The Balaban J connectivity index is 1.46. The third kappa shape index (κ3) is 4.62. The Morgan fingerprint density at radius 3 is 3.11 bits per heavy atom. The molecule has 28 heavy (non-hydrogen) atoms. The molecule has 1 fully saturated rings. The first-order valence-electron chi connectivity index (χ1n) is 9.13. The minimum Gasteiger partial charge on any atom is -0.376 e. The summed E-state index contributed by atoms with van der Waals surface area (Å²) in [6.45, 7) is 1.47. The van der Waals surface area contributed by atoms with Crippen LogP contribution in [0, 0.1) is 0 Å². The lowest BCUT2D eigenvalue weighted by Gasteiger charge is -2.14. The number of thiophene rings is 1. The Hall–Kier alpha value is -2.17. The third-order valence-corrected chi connectivity index (χ3v) is 6.36. The summed E-state index contributed by atoms with van der Waals surface area (Å²) in [7, 11) is 0. The van der Waals surface area contributed by atoms with Crippen molar-refractivity contribution in [2.75, 3.05) is 6.61 Å². The van der Waals surface area contributed by atoms with Gasteiger partial charge in [-0.1, -0.05) is 23.0 Å². The van der Waals surface area contributed by atoms with Gasteiger partial charge in [-0.15, -0.1) is 21.5 Å². The number of rotatable bonds is 9. The fourth-order valence-electron chi connectivity index (χ4n) is 3.07.